The lowest BCUT2D eigenvalue weighted by Crippen LogP contribution is -2.27. The number of halogens is 4. The van der Waals surface area contributed by atoms with Crippen molar-refractivity contribution in [1.29, 1.82) is 0 Å². The molecule has 0 unspecified atom stereocenters. The molecule has 0 radical (unpaired) electrons. The Balaban J connectivity index is 1.80. The molecular weight excluding hydrogens is 449 g/mol. The molecule has 6 nitrogen and oxygen atoms in total. The van der Waals surface area contributed by atoms with Crippen molar-refractivity contribution in [3.8, 4) is 5.75 Å². The average Bonchev–Trinajstić information content (AvgIpc) is 3.43. The minimum Gasteiger partial charge on any atom is -0.434 e. The third kappa shape index (κ3) is 5.57. The van der Waals surface area contributed by atoms with Crippen LogP contribution in [0.2, 0.25) is 10.0 Å². The largest absolute Gasteiger partial charge is 0.434 e. The van der Waals surface area contributed by atoms with Gasteiger partial charge in [-0.1, -0.05) is 41.4 Å². The van der Waals surface area contributed by atoms with Crippen LogP contribution in [-0.2, 0) is 16.6 Å². The summed E-state index contributed by atoms with van der Waals surface area (Å²) in [5, 5.41) is 2.35. The van der Waals surface area contributed by atoms with Gasteiger partial charge in [-0.15, -0.1) is 0 Å². The summed E-state index contributed by atoms with van der Waals surface area (Å²) >= 11 is 12.1. The second kappa shape index (κ2) is 8.83. The van der Waals surface area contributed by atoms with Gasteiger partial charge in [-0.25, -0.2) is 13.1 Å². The van der Waals surface area contributed by atoms with Crippen molar-refractivity contribution < 1.29 is 26.7 Å². The molecule has 1 aliphatic carbocycles. The number of carbonyl (C=O) groups is 1. The molecule has 0 atom stereocenters. The fraction of sp³-hybridized carbons (Fsp3) is 0.278. The van der Waals surface area contributed by atoms with Crippen LogP contribution < -0.4 is 14.8 Å². The monoisotopic (exact) mass is 464 g/mol. The van der Waals surface area contributed by atoms with Gasteiger partial charge in [-0.3, -0.25) is 4.79 Å². The van der Waals surface area contributed by atoms with Crippen LogP contribution in [0.1, 0.15) is 28.8 Å². The van der Waals surface area contributed by atoms with E-state index in [9.17, 15) is 22.0 Å². The fourth-order valence-corrected chi connectivity index (χ4v) is 4.69. The Labute approximate surface area is 176 Å². The number of rotatable bonds is 8. The molecule has 1 saturated carbocycles. The summed E-state index contributed by atoms with van der Waals surface area (Å²) in [6, 6.07) is 8.09. The van der Waals surface area contributed by atoms with Crippen LogP contribution in [0.15, 0.2) is 41.3 Å². The van der Waals surface area contributed by atoms with E-state index < -0.39 is 22.5 Å². The highest BCUT2D eigenvalue weighted by molar-refractivity contribution is 7.89. The molecule has 0 heterocycles. The number of nitrogens with one attached hydrogen (secondary N) is 2. The van der Waals surface area contributed by atoms with E-state index in [-0.39, 0.29) is 38.8 Å². The highest BCUT2D eigenvalue weighted by Gasteiger charge is 2.30. The predicted octanol–water partition coefficient (Wildman–Crippen LogP) is 3.97. The average molecular weight is 465 g/mol. The minimum atomic E-state index is -3.91. The summed E-state index contributed by atoms with van der Waals surface area (Å²) in [4.78, 5) is 12.3. The second-order valence-corrected chi connectivity index (χ2v) is 8.82. The van der Waals surface area contributed by atoms with Gasteiger partial charge in [0.25, 0.3) is 5.91 Å². The van der Waals surface area contributed by atoms with Crippen molar-refractivity contribution in [1.82, 2.24) is 10.0 Å². The number of hydrogen-bond donors (Lipinski definition) is 2. The molecule has 1 aliphatic rings. The third-order valence-electron chi connectivity index (χ3n) is 4.08. The van der Waals surface area contributed by atoms with E-state index >= 15 is 0 Å². The summed E-state index contributed by atoms with van der Waals surface area (Å²) in [6.45, 7) is -3.15. The molecule has 0 saturated heterocycles. The van der Waals surface area contributed by atoms with Crippen LogP contribution in [0.3, 0.4) is 0 Å². The molecule has 156 valence electrons. The lowest BCUT2D eigenvalue weighted by atomic mass is 10.1. The Kier molecular flexibility index (Phi) is 6.62. The smallest absolute Gasteiger partial charge is 0.387 e. The van der Waals surface area contributed by atoms with E-state index in [0.717, 1.165) is 18.9 Å². The van der Waals surface area contributed by atoms with Crippen molar-refractivity contribution in [3.63, 3.8) is 0 Å². The van der Waals surface area contributed by atoms with Crippen LogP contribution in [0.5, 0.6) is 5.75 Å². The highest BCUT2D eigenvalue weighted by Crippen LogP contribution is 2.31. The molecule has 3 rings (SSSR count). The van der Waals surface area contributed by atoms with Gasteiger partial charge in [0.05, 0.1) is 15.6 Å². The van der Waals surface area contributed by atoms with Crippen LogP contribution in [0, 0.1) is 0 Å². The first-order valence-electron chi connectivity index (χ1n) is 8.49. The molecule has 1 amide bonds. The molecule has 0 aliphatic heterocycles. The zero-order valence-electron chi connectivity index (χ0n) is 14.8. The van der Waals surface area contributed by atoms with Crippen molar-refractivity contribution in [3.05, 3.63) is 57.6 Å². The Morgan fingerprint density at radius 2 is 1.86 bits per heavy atom. The van der Waals surface area contributed by atoms with E-state index in [0.29, 0.717) is 5.56 Å². The Morgan fingerprint density at radius 3 is 2.52 bits per heavy atom. The summed E-state index contributed by atoms with van der Waals surface area (Å²) in [5.41, 5.74) is 0.203. The first kappa shape index (κ1) is 21.8. The number of amides is 1. The standard InChI is InChI=1S/C18H16Cl2F2N2O4S/c19-13-8-14(20)16(29(26,27)24-11-5-6-11)7-12(13)17(25)23-9-10-3-1-2-4-15(10)28-18(21)22/h1-4,7-8,11,18,24H,5-6,9H2,(H,23,25). The predicted molar refractivity (Wildman–Crippen MR) is 104 cm³/mol. The van der Waals surface area contributed by atoms with Gasteiger partial charge in [0.15, 0.2) is 0 Å². The van der Waals surface area contributed by atoms with Gasteiger partial charge in [0.1, 0.15) is 10.6 Å². The van der Waals surface area contributed by atoms with E-state index in [4.69, 9.17) is 23.2 Å². The Bertz CT molecular complexity index is 1030. The second-order valence-electron chi connectivity index (χ2n) is 6.33. The Morgan fingerprint density at radius 1 is 1.17 bits per heavy atom. The number of sulfonamides is 1. The zero-order valence-corrected chi connectivity index (χ0v) is 17.1. The number of ether oxygens (including phenoxy) is 1. The van der Waals surface area contributed by atoms with Gasteiger partial charge in [0.2, 0.25) is 10.0 Å². The van der Waals surface area contributed by atoms with Crippen LogP contribution >= 0.6 is 23.2 Å². The number of benzene rings is 2. The van der Waals surface area contributed by atoms with Gasteiger partial charge in [-0.2, -0.15) is 8.78 Å². The molecule has 0 aromatic heterocycles. The molecule has 2 aromatic rings. The first-order valence-corrected chi connectivity index (χ1v) is 10.7. The number of para-hydroxylation sites is 1. The maximum Gasteiger partial charge on any atom is 0.387 e. The van der Waals surface area contributed by atoms with E-state index in [2.05, 4.69) is 14.8 Å². The third-order valence-corrected chi connectivity index (χ3v) is 6.38. The first-order chi connectivity index (χ1) is 13.7. The molecule has 2 N–H and O–H groups in total. The molecule has 2 aromatic carbocycles. The molecule has 11 heteroatoms. The maximum atomic E-state index is 12.6. The van der Waals surface area contributed by atoms with E-state index in [1.807, 2.05) is 0 Å². The van der Waals surface area contributed by atoms with Gasteiger partial charge < -0.3 is 10.1 Å². The van der Waals surface area contributed by atoms with Crippen molar-refractivity contribution in [2.75, 3.05) is 0 Å². The molecule has 0 bridgehead atoms. The lowest BCUT2D eigenvalue weighted by molar-refractivity contribution is -0.0504. The molecule has 1 fully saturated rings. The minimum absolute atomic E-state index is 0.0463. The maximum absolute atomic E-state index is 12.6. The summed E-state index contributed by atoms with van der Waals surface area (Å²) in [7, 11) is -3.91. The number of carbonyl (C=O) groups excluding carboxylic acids is 1. The molecular formula is C18H16Cl2F2N2O4S. The van der Waals surface area contributed by atoms with Crippen molar-refractivity contribution >= 4 is 39.1 Å². The van der Waals surface area contributed by atoms with Gasteiger partial charge >= 0.3 is 6.61 Å². The highest BCUT2D eigenvalue weighted by atomic mass is 35.5. The quantitative estimate of drug-likeness (QED) is 0.618. The Hall–Kier alpha value is -1.94. The molecule has 29 heavy (non-hydrogen) atoms. The van der Waals surface area contributed by atoms with Crippen LogP contribution in [0.4, 0.5) is 8.78 Å². The topological polar surface area (TPSA) is 84.5 Å². The SMILES string of the molecule is O=C(NCc1ccccc1OC(F)F)c1cc(S(=O)(=O)NC2CC2)c(Cl)cc1Cl. The van der Waals surface area contributed by atoms with Crippen molar-refractivity contribution in [2.24, 2.45) is 0 Å². The normalized spacial score (nSPS) is 14.1. The summed E-state index contributed by atoms with van der Waals surface area (Å²) in [5.74, 6) is -0.775. The van der Waals surface area contributed by atoms with Crippen LogP contribution in [0.25, 0.3) is 0 Å². The van der Waals surface area contributed by atoms with Crippen LogP contribution in [-0.4, -0.2) is 27.0 Å². The summed E-state index contributed by atoms with van der Waals surface area (Å²) < 4.78 is 56.8. The fourth-order valence-electron chi connectivity index (χ4n) is 2.52. The van der Waals surface area contributed by atoms with Gasteiger partial charge in [-0.05, 0) is 31.0 Å². The van der Waals surface area contributed by atoms with Crippen molar-refractivity contribution in [2.45, 2.75) is 36.9 Å². The number of hydrogen-bond acceptors (Lipinski definition) is 4. The summed E-state index contributed by atoms with van der Waals surface area (Å²) in [6.07, 6.45) is 1.47. The number of alkyl halides is 2. The van der Waals surface area contributed by atoms with E-state index in [1.165, 1.54) is 24.3 Å². The zero-order chi connectivity index (χ0) is 21.2. The van der Waals surface area contributed by atoms with E-state index in [1.54, 1.807) is 6.07 Å². The van der Waals surface area contributed by atoms with Gasteiger partial charge in [0, 0.05) is 18.2 Å². The molecule has 0 spiro atoms. The lowest BCUT2D eigenvalue weighted by Gasteiger charge is -2.13.